The summed E-state index contributed by atoms with van der Waals surface area (Å²) in [5, 5.41) is 4.95. The molecule has 2 N–H and O–H groups in total. The smallest absolute Gasteiger partial charge is 0.271 e. The van der Waals surface area contributed by atoms with Crippen LogP contribution in [0.15, 0.2) is 29.3 Å². The number of aromatic nitrogens is 2. The Morgan fingerprint density at radius 2 is 2.24 bits per heavy atom. The van der Waals surface area contributed by atoms with Crippen LogP contribution in [0.2, 0.25) is 0 Å². The van der Waals surface area contributed by atoms with Gasteiger partial charge in [-0.25, -0.2) is 4.98 Å². The van der Waals surface area contributed by atoms with Crippen molar-refractivity contribution in [1.82, 2.24) is 20.0 Å². The average molecular weight is 306 g/mol. The summed E-state index contributed by atoms with van der Waals surface area (Å²) in [6.45, 7) is 2.01. The summed E-state index contributed by atoms with van der Waals surface area (Å²) >= 11 is 1.38. The minimum absolute atomic E-state index is 0.0290. The zero-order valence-corrected chi connectivity index (χ0v) is 12.4. The Morgan fingerprint density at radius 1 is 1.48 bits per heavy atom. The van der Waals surface area contributed by atoms with Crippen molar-refractivity contribution in [3.05, 3.63) is 45.3 Å². The molecule has 21 heavy (non-hydrogen) atoms. The maximum atomic E-state index is 12.2. The number of amides is 2. The number of fused-ring (bicyclic) bond motifs is 1. The summed E-state index contributed by atoms with van der Waals surface area (Å²) in [7, 11) is 1.51. The van der Waals surface area contributed by atoms with Crippen LogP contribution in [0.3, 0.4) is 0 Å². The first-order valence-electron chi connectivity index (χ1n) is 6.17. The van der Waals surface area contributed by atoms with Crippen LogP contribution in [0.4, 0.5) is 0 Å². The number of carbonyl (C=O) groups excluding carboxylic acids is 2. The van der Waals surface area contributed by atoms with Crippen LogP contribution in [0.1, 0.15) is 15.2 Å². The van der Waals surface area contributed by atoms with E-state index >= 15 is 0 Å². The molecular formula is C13H14N4O3S. The highest BCUT2D eigenvalue weighted by Crippen LogP contribution is 2.12. The molecule has 8 heteroatoms. The third kappa shape index (κ3) is 3.34. The van der Waals surface area contributed by atoms with E-state index in [0.29, 0.717) is 4.96 Å². The van der Waals surface area contributed by atoms with Crippen molar-refractivity contribution in [2.24, 2.45) is 0 Å². The lowest BCUT2D eigenvalue weighted by molar-refractivity contribution is -0.116. The second-order valence-corrected chi connectivity index (χ2v) is 5.41. The molecule has 0 atom stereocenters. The Morgan fingerprint density at radius 3 is 2.95 bits per heavy atom. The highest BCUT2D eigenvalue weighted by Gasteiger charge is 2.13. The molecule has 0 unspecified atom stereocenters. The summed E-state index contributed by atoms with van der Waals surface area (Å²) < 4.78 is 1.36. The van der Waals surface area contributed by atoms with Crippen LogP contribution >= 0.6 is 11.3 Å². The van der Waals surface area contributed by atoms with Gasteiger partial charge in [-0.2, -0.15) is 0 Å². The lowest BCUT2D eigenvalue weighted by Gasteiger charge is -2.01. The number of thiazole rings is 1. The normalized spacial score (nSPS) is 11.0. The number of likely N-dealkylation sites (N-methyl/N-ethyl adjacent to an activating group) is 1. The van der Waals surface area contributed by atoms with Crippen molar-refractivity contribution in [3.63, 3.8) is 0 Å². The maximum absolute atomic E-state index is 12.2. The van der Waals surface area contributed by atoms with E-state index < -0.39 is 11.5 Å². The van der Waals surface area contributed by atoms with Crippen molar-refractivity contribution in [3.8, 4) is 0 Å². The average Bonchev–Trinajstić information content (AvgIpc) is 2.85. The van der Waals surface area contributed by atoms with E-state index in [1.807, 2.05) is 6.92 Å². The molecule has 0 bridgehead atoms. The third-order valence-electron chi connectivity index (χ3n) is 2.66. The van der Waals surface area contributed by atoms with Crippen molar-refractivity contribution in [2.75, 3.05) is 13.6 Å². The largest absolute Gasteiger partial charge is 0.356 e. The van der Waals surface area contributed by atoms with Gasteiger partial charge in [0.2, 0.25) is 5.91 Å². The molecule has 0 aliphatic rings. The first-order valence-corrected chi connectivity index (χ1v) is 6.99. The van der Waals surface area contributed by atoms with E-state index in [1.165, 1.54) is 41.1 Å². The lowest BCUT2D eigenvalue weighted by atomic mass is 10.3. The van der Waals surface area contributed by atoms with Crippen molar-refractivity contribution < 1.29 is 9.59 Å². The lowest BCUT2D eigenvalue weighted by Crippen LogP contribution is -2.31. The van der Waals surface area contributed by atoms with Crippen molar-refractivity contribution in [1.29, 1.82) is 0 Å². The van der Waals surface area contributed by atoms with E-state index in [9.17, 15) is 14.4 Å². The Balaban J connectivity index is 2.13. The standard InChI is InChI=1S/C13H14N4O3S/c1-8-7-17-12(20)9(6-16-13(17)21-8)11(19)15-5-3-4-10(18)14-2/h3-4,6-7H,5H2,1-2H3,(H,14,18)(H,15,19). The Hall–Kier alpha value is -2.48. The number of nitrogens with one attached hydrogen (secondary N) is 2. The number of hydrogen-bond acceptors (Lipinski definition) is 5. The van der Waals surface area contributed by atoms with Gasteiger partial charge < -0.3 is 10.6 Å². The molecule has 0 radical (unpaired) electrons. The quantitative estimate of drug-likeness (QED) is 0.783. The number of nitrogens with zero attached hydrogens (tertiary/aromatic N) is 2. The SMILES string of the molecule is CNC(=O)C=CCNC(=O)c1cnc2sc(C)cn2c1=O. The molecule has 0 aromatic carbocycles. The predicted molar refractivity (Wildman–Crippen MR) is 79.6 cm³/mol. The summed E-state index contributed by atoms with van der Waals surface area (Å²) in [4.78, 5) is 40.6. The van der Waals surface area contributed by atoms with Crippen LogP contribution in [0.5, 0.6) is 0 Å². The monoisotopic (exact) mass is 306 g/mol. The fourth-order valence-corrected chi connectivity index (χ4v) is 2.43. The number of hydrogen-bond donors (Lipinski definition) is 2. The maximum Gasteiger partial charge on any atom is 0.271 e. The molecular weight excluding hydrogens is 292 g/mol. The van der Waals surface area contributed by atoms with E-state index in [4.69, 9.17) is 0 Å². The zero-order chi connectivity index (χ0) is 15.4. The van der Waals surface area contributed by atoms with Gasteiger partial charge in [0.1, 0.15) is 5.56 Å². The highest BCUT2D eigenvalue weighted by molar-refractivity contribution is 7.16. The fraction of sp³-hybridized carbons (Fsp3) is 0.231. The summed E-state index contributed by atoms with van der Waals surface area (Å²) in [5.74, 6) is -0.784. The fourth-order valence-electron chi connectivity index (χ4n) is 1.65. The Kier molecular flexibility index (Phi) is 4.49. The van der Waals surface area contributed by atoms with Crippen molar-refractivity contribution >= 4 is 28.1 Å². The molecule has 0 aliphatic carbocycles. The number of carbonyl (C=O) groups is 2. The predicted octanol–water partition coefficient (Wildman–Crippen LogP) is 0.0964. The molecule has 2 rings (SSSR count). The van der Waals surface area contributed by atoms with Gasteiger partial charge in [0.05, 0.1) is 0 Å². The molecule has 2 heterocycles. The van der Waals surface area contributed by atoms with Gasteiger partial charge >= 0.3 is 0 Å². The molecule has 2 aromatic heterocycles. The second kappa shape index (κ2) is 6.31. The molecule has 0 saturated carbocycles. The van der Waals surface area contributed by atoms with E-state index in [0.717, 1.165) is 4.88 Å². The van der Waals surface area contributed by atoms with E-state index in [-0.39, 0.29) is 18.0 Å². The van der Waals surface area contributed by atoms with Crippen LogP contribution in [0, 0.1) is 6.92 Å². The summed E-state index contributed by atoms with van der Waals surface area (Å²) in [6, 6.07) is 0. The molecule has 0 fully saturated rings. The third-order valence-corrected chi connectivity index (χ3v) is 3.58. The minimum Gasteiger partial charge on any atom is -0.356 e. The second-order valence-electron chi connectivity index (χ2n) is 4.20. The first-order chi connectivity index (χ1) is 10.0. The summed E-state index contributed by atoms with van der Waals surface area (Å²) in [6.07, 6.45) is 5.72. The van der Waals surface area contributed by atoms with Gasteiger partial charge in [0.15, 0.2) is 4.96 Å². The Labute approximate surface area is 124 Å². The molecule has 0 spiro atoms. The molecule has 7 nitrogen and oxygen atoms in total. The van der Waals surface area contributed by atoms with Gasteiger partial charge in [-0.1, -0.05) is 6.08 Å². The van der Waals surface area contributed by atoms with Gasteiger partial charge in [-0.05, 0) is 6.92 Å². The minimum atomic E-state index is -0.521. The van der Waals surface area contributed by atoms with Crippen LogP contribution in [-0.2, 0) is 4.79 Å². The Bertz CT molecular complexity index is 775. The van der Waals surface area contributed by atoms with Crippen molar-refractivity contribution in [2.45, 2.75) is 6.92 Å². The van der Waals surface area contributed by atoms with Gasteiger partial charge in [0, 0.05) is 36.9 Å². The van der Waals surface area contributed by atoms with Crippen LogP contribution in [-0.4, -0.2) is 34.8 Å². The number of aryl methyl sites for hydroxylation is 1. The highest BCUT2D eigenvalue weighted by atomic mass is 32.1. The van der Waals surface area contributed by atoms with Gasteiger partial charge in [-0.3, -0.25) is 18.8 Å². The summed E-state index contributed by atoms with van der Waals surface area (Å²) in [5.41, 5.74) is -0.434. The molecule has 110 valence electrons. The van der Waals surface area contributed by atoms with Crippen LogP contribution < -0.4 is 16.2 Å². The molecule has 2 aromatic rings. The first kappa shape index (κ1) is 14.9. The zero-order valence-electron chi connectivity index (χ0n) is 11.5. The van der Waals surface area contributed by atoms with E-state index in [1.54, 1.807) is 6.20 Å². The topological polar surface area (TPSA) is 92.6 Å². The molecule has 2 amide bonds. The van der Waals surface area contributed by atoms with Gasteiger partial charge in [0.25, 0.3) is 11.5 Å². The van der Waals surface area contributed by atoms with Crippen LogP contribution in [0.25, 0.3) is 4.96 Å². The molecule has 0 saturated heterocycles. The van der Waals surface area contributed by atoms with Gasteiger partial charge in [-0.15, -0.1) is 11.3 Å². The number of rotatable bonds is 4. The van der Waals surface area contributed by atoms with E-state index in [2.05, 4.69) is 15.6 Å². The molecule has 0 aliphatic heterocycles.